The van der Waals surface area contributed by atoms with Gasteiger partial charge in [0, 0.05) is 38.3 Å². The molecule has 1 heterocycles. The molecule has 1 aliphatic rings. The number of benzene rings is 1. The van der Waals surface area contributed by atoms with Crippen molar-refractivity contribution in [2.45, 2.75) is 97.1 Å². The predicted octanol–water partition coefficient (Wildman–Crippen LogP) is 3.35. The van der Waals surface area contributed by atoms with Crippen molar-refractivity contribution in [2.75, 3.05) is 25.5 Å². The molecular weight excluding hydrogens is 474 g/mol. The molecule has 1 saturated heterocycles. The van der Waals surface area contributed by atoms with Gasteiger partial charge < -0.3 is 19.3 Å². The number of ketones is 1. The molecule has 0 saturated carbocycles. The van der Waals surface area contributed by atoms with Gasteiger partial charge in [-0.1, -0.05) is 0 Å². The summed E-state index contributed by atoms with van der Waals surface area (Å²) in [7, 11) is 3.82. The lowest BCUT2D eigenvalue weighted by molar-refractivity contribution is -0.164. The number of rotatable bonds is 9. The SMILES string of the molecule is C[C@H](NC(CC(=O)c1ccc(N(C)C)cc1)C(=O)OC(C)(C)C)C(=O)N1CCC[C@H]1C(=O)OC(C)(C)C. The Hall–Kier alpha value is -2.94. The van der Waals surface area contributed by atoms with Gasteiger partial charge in [0.2, 0.25) is 5.91 Å². The van der Waals surface area contributed by atoms with Crippen LogP contribution in [0.15, 0.2) is 24.3 Å². The Kier molecular flexibility index (Phi) is 9.88. The fraction of sp³-hybridized carbons (Fsp3) is 0.643. The number of nitrogens with zero attached hydrogens (tertiary/aromatic N) is 2. The van der Waals surface area contributed by atoms with Crippen LogP contribution in [0.1, 0.15) is 78.1 Å². The summed E-state index contributed by atoms with van der Waals surface area (Å²) in [6, 6.07) is 4.56. The fourth-order valence-corrected chi connectivity index (χ4v) is 4.10. The first-order valence-corrected chi connectivity index (χ1v) is 12.8. The minimum atomic E-state index is -1.04. The van der Waals surface area contributed by atoms with Crippen molar-refractivity contribution >= 4 is 29.3 Å². The maximum absolute atomic E-state index is 13.3. The quantitative estimate of drug-likeness (QED) is 0.393. The summed E-state index contributed by atoms with van der Waals surface area (Å²) < 4.78 is 11.1. The average molecular weight is 518 g/mol. The molecule has 1 aromatic carbocycles. The Morgan fingerprint density at radius 2 is 1.57 bits per heavy atom. The molecule has 37 heavy (non-hydrogen) atoms. The zero-order chi connectivity index (χ0) is 28.1. The van der Waals surface area contributed by atoms with E-state index in [9.17, 15) is 19.2 Å². The molecule has 1 aromatic rings. The van der Waals surface area contributed by atoms with Crippen LogP contribution in [0.5, 0.6) is 0 Å². The fourth-order valence-electron chi connectivity index (χ4n) is 4.10. The lowest BCUT2D eigenvalue weighted by atomic mass is 10.0. The second-order valence-corrected chi connectivity index (χ2v) is 11.8. The van der Waals surface area contributed by atoms with E-state index in [2.05, 4.69) is 5.32 Å². The summed E-state index contributed by atoms with van der Waals surface area (Å²) in [4.78, 5) is 55.6. The van der Waals surface area contributed by atoms with E-state index in [-0.39, 0.29) is 18.1 Å². The Morgan fingerprint density at radius 3 is 2.08 bits per heavy atom. The molecular formula is C28H43N3O6. The van der Waals surface area contributed by atoms with E-state index in [1.165, 1.54) is 4.90 Å². The van der Waals surface area contributed by atoms with Crippen LogP contribution in [-0.4, -0.2) is 78.5 Å². The van der Waals surface area contributed by atoms with E-state index in [4.69, 9.17) is 9.47 Å². The number of carbonyl (C=O) groups excluding carboxylic acids is 4. The highest BCUT2D eigenvalue weighted by atomic mass is 16.6. The summed E-state index contributed by atoms with van der Waals surface area (Å²) in [6.45, 7) is 12.6. The number of likely N-dealkylation sites (tertiary alicyclic amines) is 1. The summed E-state index contributed by atoms with van der Waals surface area (Å²) >= 11 is 0. The Bertz CT molecular complexity index is 975. The Balaban J connectivity index is 2.18. The van der Waals surface area contributed by atoms with Gasteiger partial charge >= 0.3 is 11.9 Å². The zero-order valence-corrected chi connectivity index (χ0v) is 23.7. The largest absolute Gasteiger partial charge is 0.459 e. The standard InChI is InChI=1S/C28H43N3O6/c1-18(24(33)31-16-10-11-22(31)26(35)37-28(5,6)7)29-21(25(34)36-27(2,3)4)17-23(32)19-12-14-20(15-13-19)30(8)9/h12-15,18,21-22,29H,10-11,16-17H2,1-9H3/t18-,21?,22-/m0/s1. The van der Waals surface area contributed by atoms with Gasteiger partial charge in [0.15, 0.2) is 5.78 Å². The molecule has 9 heteroatoms. The maximum Gasteiger partial charge on any atom is 0.329 e. The molecule has 1 amide bonds. The van der Waals surface area contributed by atoms with E-state index in [0.29, 0.717) is 24.9 Å². The topological polar surface area (TPSA) is 105 Å². The van der Waals surface area contributed by atoms with Crippen molar-refractivity contribution < 1.29 is 28.7 Å². The number of hydrogen-bond donors (Lipinski definition) is 1. The number of hydrogen-bond acceptors (Lipinski definition) is 8. The van der Waals surface area contributed by atoms with Gasteiger partial charge in [0.25, 0.3) is 0 Å². The average Bonchev–Trinajstić information content (AvgIpc) is 3.25. The van der Waals surface area contributed by atoms with Gasteiger partial charge in [-0.3, -0.25) is 19.7 Å². The van der Waals surface area contributed by atoms with E-state index < -0.39 is 41.3 Å². The molecule has 206 valence electrons. The molecule has 0 aromatic heterocycles. The van der Waals surface area contributed by atoms with Gasteiger partial charge in [-0.05, 0) is 85.6 Å². The first-order chi connectivity index (χ1) is 17.0. The third kappa shape index (κ3) is 9.14. The highest BCUT2D eigenvalue weighted by Crippen LogP contribution is 2.23. The van der Waals surface area contributed by atoms with E-state index in [1.807, 2.05) is 31.1 Å². The smallest absolute Gasteiger partial charge is 0.329 e. The lowest BCUT2D eigenvalue weighted by Gasteiger charge is -2.31. The molecule has 0 bridgehead atoms. The van der Waals surface area contributed by atoms with Gasteiger partial charge in [-0.2, -0.15) is 0 Å². The second-order valence-electron chi connectivity index (χ2n) is 11.8. The molecule has 0 aliphatic carbocycles. The molecule has 1 aliphatic heterocycles. The third-order valence-corrected chi connectivity index (χ3v) is 5.82. The number of carbonyl (C=O) groups is 4. The van der Waals surface area contributed by atoms with Crippen LogP contribution in [-0.2, 0) is 23.9 Å². The zero-order valence-electron chi connectivity index (χ0n) is 23.7. The van der Waals surface area contributed by atoms with E-state index >= 15 is 0 Å². The second kappa shape index (κ2) is 12.1. The Labute approximate surface area is 220 Å². The summed E-state index contributed by atoms with van der Waals surface area (Å²) in [5.41, 5.74) is -0.0185. The Morgan fingerprint density at radius 1 is 1.00 bits per heavy atom. The van der Waals surface area contributed by atoms with Crippen LogP contribution in [0, 0.1) is 0 Å². The van der Waals surface area contributed by atoms with Crippen LogP contribution < -0.4 is 10.2 Å². The van der Waals surface area contributed by atoms with Crippen molar-refractivity contribution in [3.63, 3.8) is 0 Å². The lowest BCUT2D eigenvalue weighted by Crippen LogP contribution is -2.54. The van der Waals surface area contributed by atoms with Crippen LogP contribution >= 0.6 is 0 Å². The molecule has 1 fully saturated rings. The van der Waals surface area contributed by atoms with E-state index in [0.717, 1.165) is 5.69 Å². The van der Waals surface area contributed by atoms with Crippen LogP contribution in [0.3, 0.4) is 0 Å². The highest BCUT2D eigenvalue weighted by Gasteiger charge is 2.39. The van der Waals surface area contributed by atoms with Gasteiger partial charge in [0.05, 0.1) is 6.04 Å². The number of Topliss-reactive ketones (excluding diaryl/α,β-unsaturated/α-hetero) is 1. The van der Waals surface area contributed by atoms with Gasteiger partial charge in [0.1, 0.15) is 23.3 Å². The van der Waals surface area contributed by atoms with E-state index in [1.54, 1.807) is 60.6 Å². The highest BCUT2D eigenvalue weighted by molar-refractivity contribution is 5.99. The number of anilines is 1. The number of ether oxygens (including phenoxy) is 2. The monoisotopic (exact) mass is 517 g/mol. The van der Waals surface area contributed by atoms with Crippen LogP contribution in [0.2, 0.25) is 0 Å². The summed E-state index contributed by atoms with van der Waals surface area (Å²) in [5.74, 6) is -1.63. The third-order valence-electron chi connectivity index (χ3n) is 5.82. The van der Waals surface area contributed by atoms with Crippen molar-refractivity contribution in [1.29, 1.82) is 0 Å². The number of esters is 2. The van der Waals surface area contributed by atoms with Crippen molar-refractivity contribution in [1.82, 2.24) is 10.2 Å². The minimum Gasteiger partial charge on any atom is -0.459 e. The molecule has 0 radical (unpaired) electrons. The molecule has 2 rings (SSSR count). The molecule has 0 spiro atoms. The minimum absolute atomic E-state index is 0.177. The molecule has 1 N–H and O–H groups in total. The van der Waals surface area contributed by atoms with Crippen molar-refractivity contribution in [3.05, 3.63) is 29.8 Å². The maximum atomic E-state index is 13.3. The number of nitrogens with one attached hydrogen (secondary N) is 1. The van der Waals surface area contributed by atoms with Crippen LogP contribution in [0.4, 0.5) is 5.69 Å². The summed E-state index contributed by atoms with van der Waals surface area (Å²) in [6.07, 6.45) is 1.02. The first-order valence-electron chi connectivity index (χ1n) is 12.8. The molecule has 1 unspecified atom stereocenters. The van der Waals surface area contributed by atoms with Gasteiger partial charge in [-0.25, -0.2) is 4.79 Å². The molecule has 9 nitrogen and oxygen atoms in total. The molecule has 3 atom stereocenters. The van der Waals surface area contributed by atoms with Crippen LogP contribution in [0.25, 0.3) is 0 Å². The summed E-state index contributed by atoms with van der Waals surface area (Å²) in [5, 5.41) is 3.01. The first kappa shape index (κ1) is 30.3. The normalized spacial score (nSPS) is 17.6. The van der Waals surface area contributed by atoms with Gasteiger partial charge in [-0.15, -0.1) is 0 Å². The number of amides is 1. The predicted molar refractivity (Wildman–Crippen MR) is 143 cm³/mol. The van der Waals surface area contributed by atoms with Crippen molar-refractivity contribution in [3.8, 4) is 0 Å². The van der Waals surface area contributed by atoms with Crippen molar-refractivity contribution in [2.24, 2.45) is 0 Å².